The highest BCUT2D eigenvalue weighted by Gasteiger charge is 2.50. The van der Waals surface area contributed by atoms with Crippen molar-refractivity contribution < 1.29 is 28.7 Å². The minimum atomic E-state index is -2.32. The van der Waals surface area contributed by atoms with Gasteiger partial charge in [0.15, 0.2) is 0 Å². The van der Waals surface area contributed by atoms with E-state index in [9.17, 15) is 19.1 Å². The van der Waals surface area contributed by atoms with Gasteiger partial charge in [0.1, 0.15) is 12.4 Å². The molecule has 0 saturated carbocycles. The zero-order chi connectivity index (χ0) is 20.1. The highest BCUT2D eigenvalue weighted by Crippen LogP contribution is 2.25. The lowest BCUT2D eigenvalue weighted by molar-refractivity contribution is -0.211. The van der Waals surface area contributed by atoms with Gasteiger partial charge in [-0.2, -0.15) is 0 Å². The van der Waals surface area contributed by atoms with Crippen LogP contribution in [-0.2, 0) is 27.5 Å². The van der Waals surface area contributed by atoms with E-state index in [1.165, 1.54) is 12.1 Å². The Morgan fingerprint density at radius 1 is 1.25 bits per heavy atom. The van der Waals surface area contributed by atoms with E-state index >= 15 is 0 Å². The first-order valence-corrected chi connectivity index (χ1v) is 8.86. The van der Waals surface area contributed by atoms with Gasteiger partial charge >= 0.3 is 12.0 Å². The van der Waals surface area contributed by atoms with Crippen molar-refractivity contribution in [3.05, 3.63) is 70.5 Å². The number of rotatable bonds is 6. The lowest BCUT2D eigenvalue weighted by Gasteiger charge is -2.22. The molecule has 0 bridgehead atoms. The van der Waals surface area contributed by atoms with Gasteiger partial charge in [0.25, 0.3) is 5.79 Å². The molecule has 9 heteroatoms. The summed E-state index contributed by atoms with van der Waals surface area (Å²) in [4.78, 5) is 29.7. The van der Waals surface area contributed by atoms with Crippen LogP contribution in [0.25, 0.3) is 0 Å². The molecular formula is C19H18ClFN2O5. The van der Waals surface area contributed by atoms with Crippen molar-refractivity contribution >= 4 is 23.6 Å². The van der Waals surface area contributed by atoms with E-state index in [2.05, 4.69) is 5.32 Å². The number of carbonyl (C=O) groups excluding carboxylic acids is 2. The van der Waals surface area contributed by atoms with E-state index in [4.69, 9.17) is 21.2 Å². The van der Waals surface area contributed by atoms with Crippen LogP contribution < -0.4 is 5.32 Å². The number of nitrogens with one attached hydrogen (secondary N) is 1. The average molecular weight is 409 g/mol. The van der Waals surface area contributed by atoms with Gasteiger partial charge in [-0.25, -0.2) is 14.2 Å². The molecule has 2 aromatic rings. The van der Waals surface area contributed by atoms with E-state index in [0.29, 0.717) is 5.56 Å². The maximum Gasteiger partial charge on any atom is 0.410 e. The number of benzene rings is 2. The molecule has 28 heavy (non-hydrogen) atoms. The van der Waals surface area contributed by atoms with Crippen molar-refractivity contribution in [2.24, 2.45) is 0 Å². The molecule has 0 unspecified atom stereocenters. The molecule has 1 fully saturated rings. The maximum absolute atomic E-state index is 13.3. The fourth-order valence-corrected chi connectivity index (χ4v) is 2.92. The zero-order valence-corrected chi connectivity index (χ0v) is 15.5. The third kappa shape index (κ3) is 4.98. The summed E-state index contributed by atoms with van der Waals surface area (Å²) < 4.78 is 18.2. The summed E-state index contributed by atoms with van der Waals surface area (Å²) in [5.74, 6) is -3.73. The van der Waals surface area contributed by atoms with Gasteiger partial charge in [-0.3, -0.25) is 9.63 Å². The highest BCUT2D eigenvalue weighted by molar-refractivity contribution is 6.30. The van der Waals surface area contributed by atoms with Crippen LogP contribution in [0.5, 0.6) is 0 Å². The quantitative estimate of drug-likeness (QED) is 0.717. The van der Waals surface area contributed by atoms with E-state index in [1.807, 2.05) is 30.3 Å². The van der Waals surface area contributed by atoms with Crippen LogP contribution in [0.15, 0.2) is 48.5 Å². The third-order valence-corrected chi connectivity index (χ3v) is 4.28. The number of hydrogen-bond donors (Lipinski definition) is 2. The summed E-state index contributed by atoms with van der Waals surface area (Å²) in [6.07, 6.45) is -1.17. The SMILES string of the molecule is O=C(NCc1cc(F)cc(Cl)c1)O[C@@]1(O)CCN(OCc2ccccc2)C1=O. The first kappa shape index (κ1) is 20.1. The smallest absolute Gasteiger partial charge is 0.407 e. The minimum Gasteiger partial charge on any atom is -0.407 e. The highest BCUT2D eigenvalue weighted by atomic mass is 35.5. The number of hydrogen-bond acceptors (Lipinski definition) is 5. The predicted octanol–water partition coefficient (Wildman–Crippen LogP) is 2.76. The Labute approximate surface area is 165 Å². The number of amides is 2. The monoisotopic (exact) mass is 408 g/mol. The lowest BCUT2D eigenvalue weighted by Crippen LogP contribution is -2.45. The van der Waals surface area contributed by atoms with Crippen LogP contribution in [0.4, 0.5) is 9.18 Å². The van der Waals surface area contributed by atoms with Gasteiger partial charge in [0.2, 0.25) is 0 Å². The summed E-state index contributed by atoms with van der Waals surface area (Å²) in [6, 6.07) is 13.0. The third-order valence-electron chi connectivity index (χ3n) is 4.07. The van der Waals surface area contributed by atoms with Crippen LogP contribution in [0.3, 0.4) is 0 Å². The molecular weight excluding hydrogens is 391 g/mol. The van der Waals surface area contributed by atoms with Crippen molar-refractivity contribution in [3.63, 3.8) is 0 Å². The predicted molar refractivity (Wildman–Crippen MR) is 97.2 cm³/mol. The summed E-state index contributed by atoms with van der Waals surface area (Å²) in [6.45, 7) is 0.110. The molecule has 148 valence electrons. The zero-order valence-electron chi connectivity index (χ0n) is 14.7. The molecule has 2 amide bonds. The molecule has 0 spiro atoms. The van der Waals surface area contributed by atoms with Crippen molar-refractivity contribution in [2.75, 3.05) is 6.54 Å². The normalized spacial score (nSPS) is 19.0. The number of nitrogens with zero attached hydrogens (tertiary/aromatic N) is 1. The van der Waals surface area contributed by atoms with Crippen LogP contribution in [0.1, 0.15) is 17.5 Å². The fraction of sp³-hybridized carbons (Fsp3) is 0.263. The summed E-state index contributed by atoms with van der Waals surface area (Å²) in [7, 11) is 0. The second-order valence-electron chi connectivity index (χ2n) is 6.22. The molecule has 7 nitrogen and oxygen atoms in total. The fourth-order valence-electron chi connectivity index (χ4n) is 2.68. The van der Waals surface area contributed by atoms with E-state index in [0.717, 1.165) is 16.7 Å². The summed E-state index contributed by atoms with van der Waals surface area (Å²) in [5.41, 5.74) is 1.25. The van der Waals surface area contributed by atoms with Gasteiger partial charge < -0.3 is 15.2 Å². The Morgan fingerprint density at radius 3 is 2.71 bits per heavy atom. The second-order valence-corrected chi connectivity index (χ2v) is 6.66. The van der Waals surface area contributed by atoms with Crippen molar-refractivity contribution in [3.8, 4) is 0 Å². The molecule has 1 saturated heterocycles. The topological polar surface area (TPSA) is 88.1 Å². The molecule has 2 aromatic carbocycles. The Bertz CT molecular complexity index is 846. The van der Waals surface area contributed by atoms with Crippen LogP contribution >= 0.6 is 11.6 Å². The Morgan fingerprint density at radius 2 is 2.00 bits per heavy atom. The van der Waals surface area contributed by atoms with Crippen LogP contribution in [0.2, 0.25) is 5.02 Å². The molecule has 0 radical (unpaired) electrons. The summed E-state index contributed by atoms with van der Waals surface area (Å²) >= 11 is 5.75. The average Bonchev–Trinajstić information content (AvgIpc) is 2.93. The molecule has 0 aliphatic carbocycles. The summed E-state index contributed by atoms with van der Waals surface area (Å²) in [5, 5.41) is 13.8. The molecule has 0 aromatic heterocycles. The molecule has 1 aliphatic rings. The van der Waals surface area contributed by atoms with Crippen molar-refractivity contribution in [1.82, 2.24) is 10.4 Å². The Hall–Kier alpha value is -2.68. The van der Waals surface area contributed by atoms with Gasteiger partial charge in [-0.1, -0.05) is 41.9 Å². The maximum atomic E-state index is 13.3. The van der Waals surface area contributed by atoms with Gasteiger partial charge in [0.05, 0.1) is 6.54 Å². The molecule has 2 N–H and O–H groups in total. The largest absolute Gasteiger partial charge is 0.410 e. The molecule has 3 rings (SSSR count). The standard InChI is InChI=1S/C19H18ClFN2O5/c20-15-8-14(9-16(21)10-15)11-22-18(25)28-19(26)6-7-23(17(19)24)27-12-13-4-2-1-3-5-13/h1-5,8-10,26H,6-7,11-12H2,(H,22,25)/t19-/m0/s1. The van der Waals surface area contributed by atoms with Crippen molar-refractivity contribution in [1.29, 1.82) is 0 Å². The molecule has 1 atom stereocenters. The number of halogens is 2. The van der Waals surface area contributed by atoms with Gasteiger partial charge in [-0.05, 0) is 29.3 Å². The number of aliphatic hydroxyl groups is 1. The molecule has 1 aliphatic heterocycles. The first-order chi connectivity index (χ1) is 13.4. The second kappa shape index (κ2) is 8.55. The van der Waals surface area contributed by atoms with E-state index in [1.54, 1.807) is 0 Å². The number of carbonyl (C=O) groups is 2. The Kier molecular flexibility index (Phi) is 6.13. The van der Waals surface area contributed by atoms with Crippen LogP contribution in [-0.4, -0.2) is 34.5 Å². The van der Waals surface area contributed by atoms with Gasteiger partial charge in [-0.15, -0.1) is 0 Å². The van der Waals surface area contributed by atoms with Crippen LogP contribution in [0, 0.1) is 5.82 Å². The Balaban J connectivity index is 1.51. The molecule has 1 heterocycles. The lowest BCUT2D eigenvalue weighted by atomic mass is 10.2. The number of hydroxylamine groups is 2. The first-order valence-electron chi connectivity index (χ1n) is 8.49. The number of alkyl carbamates (subject to hydrolysis) is 1. The number of ether oxygens (including phenoxy) is 1. The van der Waals surface area contributed by atoms with E-state index < -0.39 is 23.6 Å². The minimum absolute atomic E-state index is 0.0644. The van der Waals surface area contributed by atoms with Crippen molar-refractivity contribution in [2.45, 2.75) is 25.4 Å². The van der Waals surface area contributed by atoms with Gasteiger partial charge in [0, 0.05) is 18.0 Å². The van der Waals surface area contributed by atoms with E-state index in [-0.39, 0.29) is 31.1 Å².